The van der Waals surface area contributed by atoms with Crippen molar-refractivity contribution in [2.45, 2.75) is 32.2 Å². The molecule has 0 aliphatic heterocycles. The lowest BCUT2D eigenvalue weighted by atomic mass is 9.99. The predicted molar refractivity (Wildman–Crippen MR) is 81.2 cm³/mol. The number of carbonyl (C=O) groups excluding carboxylic acids is 1. The van der Waals surface area contributed by atoms with Gasteiger partial charge in [0.1, 0.15) is 0 Å². The maximum Gasteiger partial charge on any atom is 0.257 e. The maximum atomic E-state index is 12.2. The van der Waals surface area contributed by atoms with Crippen molar-refractivity contribution in [1.82, 2.24) is 4.98 Å². The molecule has 1 heterocycles. The van der Waals surface area contributed by atoms with Crippen LogP contribution in [0.15, 0.2) is 24.3 Å². The molecule has 1 aromatic carbocycles. The number of aromatic nitrogens is 1. The Balaban J connectivity index is 1.77. The smallest absolute Gasteiger partial charge is 0.257 e. The Morgan fingerprint density at radius 1 is 1.50 bits per heavy atom. The zero-order valence-electron chi connectivity index (χ0n) is 11.3. The third-order valence-electron chi connectivity index (χ3n) is 3.48. The molecule has 0 bridgehead atoms. The summed E-state index contributed by atoms with van der Waals surface area (Å²) in [6.45, 7) is 1.97. The lowest BCUT2D eigenvalue weighted by Gasteiger charge is -2.15. The van der Waals surface area contributed by atoms with Gasteiger partial charge < -0.3 is 5.73 Å². The van der Waals surface area contributed by atoms with E-state index >= 15 is 0 Å². The minimum absolute atomic E-state index is 0.107. The average molecular weight is 287 g/mol. The summed E-state index contributed by atoms with van der Waals surface area (Å²) in [5.74, 6) is -0.107. The van der Waals surface area contributed by atoms with Crippen LogP contribution in [0.5, 0.6) is 0 Å². The van der Waals surface area contributed by atoms with Crippen LogP contribution in [-0.2, 0) is 12.8 Å². The Bertz CT molecular complexity index is 650. The number of amides is 1. The van der Waals surface area contributed by atoms with Gasteiger partial charge in [-0.1, -0.05) is 17.7 Å². The van der Waals surface area contributed by atoms with Crippen molar-refractivity contribution in [2.24, 2.45) is 5.73 Å². The molecule has 20 heavy (non-hydrogen) atoms. The molecule has 1 aliphatic rings. The topological polar surface area (TPSA) is 68.0 Å². The highest BCUT2D eigenvalue weighted by Crippen LogP contribution is 2.29. The van der Waals surface area contributed by atoms with E-state index in [4.69, 9.17) is 5.73 Å². The molecule has 0 saturated carbocycles. The third-order valence-corrected chi connectivity index (χ3v) is 4.51. The van der Waals surface area contributed by atoms with Crippen LogP contribution in [0, 0.1) is 6.92 Å². The molecule has 2 aromatic rings. The van der Waals surface area contributed by atoms with Gasteiger partial charge in [0.05, 0.1) is 5.69 Å². The fourth-order valence-electron chi connectivity index (χ4n) is 2.41. The van der Waals surface area contributed by atoms with E-state index in [1.807, 2.05) is 31.2 Å². The van der Waals surface area contributed by atoms with Crippen molar-refractivity contribution >= 4 is 22.4 Å². The largest absolute Gasteiger partial charge is 0.327 e. The summed E-state index contributed by atoms with van der Waals surface area (Å²) >= 11 is 1.54. The van der Waals surface area contributed by atoms with E-state index in [9.17, 15) is 4.79 Å². The number of hydrogen-bond acceptors (Lipinski definition) is 4. The second-order valence-corrected chi connectivity index (χ2v) is 6.30. The number of nitrogens with one attached hydrogen (secondary N) is 1. The number of fused-ring (bicyclic) bond motifs is 1. The van der Waals surface area contributed by atoms with Gasteiger partial charge >= 0.3 is 0 Å². The molecule has 3 rings (SSSR count). The van der Waals surface area contributed by atoms with Gasteiger partial charge in [-0.2, -0.15) is 0 Å². The molecule has 0 unspecified atom stereocenters. The highest BCUT2D eigenvalue weighted by atomic mass is 32.1. The zero-order chi connectivity index (χ0) is 14.1. The number of hydrogen-bond donors (Lipinski definition) is 2. The van der Waals surface area contributed by atoms with Crippen LogP contribution in [0.25, 0.3) is 0 Å². The number of nitrogens with two attached hydrogens (primary N) is 1. The van der Waals surface area contributed by atoms with Crippen LogP contribution in [0.1, 0.15) is 32.9 Å². The predicted octanol–water partition coefficient (Wildman–Crippen LogP) is 2.52. The van der Waals surface area contributed by atoms with Crippen LogP contribution in [-0.4, -0.2) is 16.9 Å². The highest BCUT2D eigenvalue weighted by molar-refractivity contribution is 7.15. The second kappa shape index (κ2) is 5.34. The number of aryl methyl sites for hydroxylation is 2. The van der Waals surface area contributed by atoms with Crippen molar-refractivity contribution in [1.29, 1.82) is 0 Å². The van der Waals surface area contributed by atoms with E-state index in [1.54, 1.807) is 11.3 Å². The molecule has 5 heteroatoms. The quantitative estimate of drug-likeness (QED) is 0.892. The molecule has 4 nitrogen and oxygen atoms in total. The number of rotatable bonds is 2. The molecule has 0 fully saturated rings. The minimum Gasteiger partial charge on any atom is -0.327 e. The molecular weight excluding hydrogens is 270 g/mol. The van der Waals surface area contributed by atoms with Crippen molar-refractivity contribution in [2.75, 3.05) is 5.32 Å². The van der Waals surface area contributed by atoms with Crippen LogP contribution in [0.3, 0.4) is 0 Å². The normalized spacial score (nSPS) is 17.6. The molecule has 0 saturated heterocycles. The van der Waals surface area contributed by atoms with Crippen molar-refractivity contribution in [3.05, 3.63) is 46.0 Å². The summed E-state index contributed by atoms with van der Waals surface area (Å²) in [6, 6.07) is 7.77. The molecule has 1 aliphatic carbocycles. The first-order chi connectivity index (χ1) is 9.61. The van der Waals surface area contributed by atoms with E-state index in [0.717, 1.165) is 30.5 Å². The van der Waals surface area contributed by atoms with Gasteiger partial charge in [-0.25, -0.2) is 4.98 Å². The van der Waals surface area contributed by atoms with E-state index in [0.29, 0.717) is 10.7 Å². The number of nitrogens with zero attached hydrogens (tertiary/aromatic N) is 1. The molecule has 0 radical (unpaired) electrons. The van der Waals surface area contributed by atoms with Gasteiger partial charge in [-0.15, -0.1) is 11.3 Å². The summed E-state index contributed by atoms with van der Waals surface area (Å²) in [6.07, 6.45) is 2.75. The Morgan fingerprint density at radius 3 is 3.15 bits per heavy atom. The van der Waals surface area contributed by atoms with Gasteiger partial charge in [0.15, 0.2) is 5.13 Å². The molecule has 104 valence electrons. The fraction of sp³-hybridized carbons (Fsp3) is 0.333. The first-order valence-corrected chi connectivity index (χ1v) is 7.55. The lowest BCUT2D eigenvalue weighted by molar-refractivity contribution is 0.102. The molecule has 1 aromatic heterocycles. The lowest BCUT2D eigenvalue weighted by Crippen LogP contribution is -2.27. The monoisotopic (exact) mass is 287 g/mol. The first-order valence-electron chi connectivity index (χ1n) is 6.74. The molecule has 1 amide bonds. The molecule has 1 atom stereocenters. The van der Waals surface area contributed by atoms with Gasteiger partial charge in [-0.05, 0) is 38.3 Å². The van der Waals surface area contributed by atoms with Gasteiger partial charge in [0.25, 0.3) is 5.91 Å². The molecule has 3 N–H and O–H groups in total. The van der Waals surface area contributed by atoms with E-state index < -0.39 is 0 Å². The summed E-state index contributed by atoms with van der Waals surface area (Å²) < 4.78 is 0. The number of anilines is 1. The van der Waals surface area contributed by atoms with Crippen LogP contribution >= 0.6 is 11.3 Å². The standard InChI is InChI=1S/C15H17N3OS/c1-9-3-2-4-10(7-9)14(19)18-15-17-12-6-5-11(16)8-13(12)20-15/h2-4,7,11H,5-6,8,16H2,1H3,(H,17,18,19)/t11-/m0/s1. The van der Waals surface area contributed by atoms with E-state index in [2.05, 4.69) is 10.3 Å². The Hall–Kier alpha value is -1.72. The third kappa shape index (κ3) is 2.73. The van der Waals surface area contributed by atoms with Gasteiger partial charge in [0, 0.05) is 16.5 Å². The maximum absolute atomic E-state index is 12.2. The number of benzene rings is 1. The average Bonchev–Trinajstić information content (AvgIpc) is 2.80. The molecular formula is C15H17N3OS. The zero-order valence-corrected chi connectivity index (χ0v) is 12.2. The van der Waals surface area contributed by atoms with Crippen LogP contribution in [0.2, 0.25) is 0 Å². The Morgan fingerprint density at radius 2 is 2.35 bits per heavy atom. The summed E-state index contributed by atoms with van der Waals surface area (Å²) in [4.78, 5) is 17.9. The van der Waals surface area contributed by atoms with Crippen LogP contribution < -0.4 is 11.1 Å². The van der Waals surface area contributed by atoms with Gasteiger partial charge in [-0.3, -0.25) is 10.1 Å². The summed E-state index contributed by atoms with van der Waals surface area (Å²) in [5, 5.41) is 3.56. The second-order valence-electron chi connectivity index (χ2n) is 5.22. The van der Waals surface area contributed by atoms with Crippen LogP contribution in [0.4, 0.5) is 5.13 Å². The highest BCUT2D eigenvalue weighted by Gasteiger charge is 2.20. The SMILES string of the molecule is Cc1cccc(C(=O)Nc2nc3c(s2)C[C@@H](N)CC3)c1. The number of carbonyl (C=O) groups is 1. The summed E-state index contributed by atoms with van der Waals surface area (Å²) in [7, 11) is 0. The Labute approximate surface area is 122 Å². The Kier molecular flexibility index (Phi) is 3.54. The van der Waals surface area contributed by atoms with E-state index in [1.165, 1.54) is 4.88 Å². The van der Waals surface area contributed by atoms with Gasteiger partial charge in [0.2, 0.25) is 0 Å². The van der Waals surface area contributed by atoms with E-state index in [-0.39, 0.29) is 11.9 Å². The summed E-state index contributed by atoms with van der Waals surface area (Å²) in [5.41, 5.74) is 8.79. The fourth-order valence-corrected chi connectivity index (χ4v) is 3.51. The first kappa shape index (κ1) is 13.3. The molecule has 0 spiro atoms. The van der Waals surface area contributed by atoms with Crippen molar-refractivity contribution in [3.63, 3.8) is 0 Å². The minimum atomic E-state index is -0.107. The number of thiazole rings is 1. The van der Waals surface area contributed by atoms with Crippen molar-refractivity contribution < 1.29 is 4.79 Å². The van der Waals surface area contributed by atoms with Crippen molar-refractivity contribution in [3.8, 4) is 0 Å².